The summed E-state index contributed by atoms with van der Waals surface area (Å²) in [5.74, 6) is -1.01. The second-order valence-corrected chi connectivity index (χ2v) is 6.77. The van der Waals surface area contributed by atoms with E-state index >= 15 is 0 Å². The van der Waals surface area contributed by atoms with E-state index in [1.165, 1.54) is 6.07 Å². The fourth-order valence-electron chi connectivity index (χ4n) is 3.28. The number of hydrogen-bond acceptors (Lipinski definition) is 4. The average molecular weight is 411 g/mol. The third-order valence-electron chi connectivity index (χ3n) is 4.50. The van der Waals surface area contributed by atoms with Gasteiger partial charge < -0.3 is 0 Å². The van der Waals surface area contributed by atoms with Gasteiger partial charge in [-0.3, -0.25) is 19.7 Å². The van der Waals surface area contributed by atoms with Gasteiger partial charge in [0.15, 0.2) is 0 Å². The molecule has 6 nitrogen and oxygen atoms in total. The SMILES string of the molecule is Cc1ccccc1N1C(=O)c2cccc3c(Br)c([N+](=O)[O-])cc(c23)C1=O. The van der Waals surface area contributed by atoms with Crippen molar-refractivity contribution in [1.29, 1.82) is 0 Å². The number of carbonyl (C=O) groups is 2. The monoisotopic (exact) mass is 410 g/mol. The first-order chi connectivity index (χ1) is 12.4. The van der Waals surface area contributed by atoms with Gasteiger partial charge >= 0.3 is 0 Å². The van der Waals surface area contributed by atoms with Gasteiger partial charge in [0, 0.05) is 22.4 Å². The Bertz CT molecular complexity index is 1140. The Morgan fingerprint density at radius 1 is 1.00 bits per heavy atom. The van der Waals surface area contributed by atoms with Gasteiger partial charge in [-0.1, -0.05) is 30.3 Å². The third-order valence-corrected chi connectivity index (χ3v) is 5.33. The van der Waals surface area contributed by atoms with Crippen LogP contribution in [0.25, 0.3) is 10.8 Å². The minimum Gasteiger partial charge on any atom is -0.268 e. The summed E-state index contributed by atoms with van der Waals surface area (Å²) in [7, 11) is 0. The number of halogens is 1. The van der Waals surface area contributed by atoms with Crippen LogP contribution in [0.3, 0.4) is 0 Å². The summed E-state index contributed by atoms with van der Waals surface area (Å²) in [5.41, 5.74) is 1.51. The Morgan fingerprint density at radius 2 is 1.69 bits per heavy atom. The number of nitrogens with zero attached hydrogens (tertiary/aromatic N) is 2. The number of para-hydroxylation sites is 1. The molecule has 0 spiro atoms. The number of rotatable bonds is 2. The van der Waals surface area contributed by atoms with Crippen LogP contribution in [-0.2, 0) is 0 Å². The van der Waals surface area contributed by atoms with Crippen molar-refractivity contribution in [3.8, 4) is 0 Å². The van der Waals surface area contributed by atoms with E-state index in [1.54, 1.807) is 43.3 Å². The Kier molecular flexibility index (Phi) is 3.62. The number of carbonyl (C=O) groups excluding carboxylic acids is 2. The molecule has 7 heteroatoms. The molecule has 0 saturated carbocycles. The molecule has 0 bridgehead atoms. The van der Waals surface area contributed by atoms with Crippen molar-refractivity contribution in [2.45, 2.75) is 6.92 Å². The summed E-state index contributed by atoms with van der Waals surface area (Å²) in [4.78, 5) is 38.1. The van der Waals surface area contributed by atoms with E-state index in [4.69, 9.17) is 0 Å². The van der Waals surface area contributed by atoms with E-state index in [2.05, 4.69) is 15.9 Å². The maximum atomic E-state index is 13.1. The molecule has 3 aromatic carbocycles. The fraction of sp³-hybridized carbons (Fsp3) is 0.0526. The number of benzene rings is 3. The molecule has 0 aromatic heterocycles. The summed E-state index contributed by atoms with van der Waals surface area (Å²) >= 11 is 3.24. The molecule has 0 aliphatic carbocycles. The number of nitro groups is 1. The molecule has 1 aliphatic heterocycles. The van der Waals surface area contributed by atoms with E-state index in [0.717, 1.165) is 10.5 Å². The Labute approximate surface area is 156 Å². The quantitative estimate of drug-likeness (QED) is 0.350. The lowest BCUT2D eigenvalue weighted by atomic mass is 9.92. The topological polar surface area (TPSA) is 80.5 Å². The highest BCUT2D eigenvalue weighted by Gasteiger charge is 2.37. The van der Waals surface area contributed by atoms with Crippen molar-refractivity contribution in [2.75, 3.05) is 4.90 Å². The van der Waals surface area contributed by atoms with Crippen LogP contribution in [0.5, 0.6) is 0 Å². The lowest BCUT2D eigenvalue weighted by molar-refractivity contribution is -0.385. The predicted molar refractivity (Wildman–Crippen MR) is 101 cm³/mol. The van der Waals surface area contributed by atoms with Crippen LogP contribution in [0.2, 0.25) is 0 Å². The van der Waals surface area contributed by atoms with Crippen LogP contribution in [-0.4, -0.2) is 16.7 Å². The van der Waals surface area contributed by atoms with Crippen molar-refractivity contribution >= 4 is 49.9 Å². The first-order valence-electron chi connectivity index (χ1n) is 7.76. The highest BCUT2D eigenvalue weighted by atomic mass is 79.9. The molecule has 0 radical (unpaired) electrons. The molecule has 3 aromatic rings. The molecule has 1 aliphatic rings. The summed E-state index contributed by atoms with van der Waals surface area (Å²) < 4.78 is 0.257. The first-order valence-corrected chi connectivity index (χ1v) is 8.55. The van der Waals surface area contributed by atoms with E-state index in [0.29, 0.717) is 22.0 Å². The molecule has 0 fully saturated rings. The zero-order valence-electron chi connectivity index (χ0n) is 13.5. The summed E-state index contributed by atoms with van der Waals surface area (Å²) in [6.45, 7) is 1.80. The zero-order valence-corrected chi connectivity index (χ0v) is 15.1. The van der Waals surface area contributed by atoms with Gasteiger partial charge in [-0.05, 0) is 40.5 Å². The minimum absolute atomic E-state index is 0.147. The molecule has 0 N–H and O–H groups in total. The Balaban J connectivity index is 2.07. The van der Waals surface area contributed by atoms with E-state index in [9.17, 15) is 19.7 Å². The second-order valence-electron chi connectivity index (χ2n) is 5.97. The fourth-order valence-corrected chi connectivity index (χ4v) is 3.87. The largest absolute Gasteiger partial charge is 0.284 e. The lowest BCUT2D eigenvalue weighted by Crippen LogP contribution is -2.40. The molecule has 4 rings (SSSR count). The van der Waals surface area contributed by atoms with Crippen LogP contribution in [0.15, 0.2) is 53.0 Å². The van der Waals surface area contributed by atoms with E-state index < -0.39 is 16.7 Å². The van der Waals surface area contributed by atoms with Crippen LogP contribution in [0.1, 0.15) is 26.3 Å². The predicted octanol–water partition coefficient (Wildman–Crippen LogP) is 4.62. The zero-order chi connectivity index (χ0) is 18.6. The Morgan fingerprint density at radius 3 is 2.38 bits per heavy atom. The van der Waals surface area contributed by atoms with Crippen molar-refractivity contribution in [1.82, 2.24) is 0 Å². The van der Waals surface area contributed by atoms with Gasteiger partial charge in [0.1, 0.15) is 4.47 Å². The van der Waals surface area contributed by atoms with Crippen LogP contribution < -0.4 is 4.90 Å². The van der Waals surface area contributed by atoms with E-state index in [1.807, 2.05) is 6.07 Å². The van der Waals surface area contributed by atoms with Gasteiger partial charge in [-0.25, -0.2) is 4.90 Å². The molecule has 2 amide bonds. The summed E-state index contributed by atoms with van der Waals surface area (Å²) in [5, 5.41) is 12.3. The molecular weight excluding hydrogens is 400 g/mol. The van der Waals surface area contributed by atoms with Crippen LogP contribution in [0.4, 0.5) is 11.4 Å². The standard InChI is InChI=1S/C19H11BrN2O4/c1-10-5-2-3-8-14(10)21-18(23)12-7-4-6-11-16(12)13(19(21)24)9-15(17(11)20)22(25)26/h2-9H,1H3. The lowest BCUT2D eigenvalue weighted by Gasteiger charge is -2.28. The minimum atomic E-state index is -0.566. The molecule has 26 heavy (non-hydrogen) atoms. The molecular formula is C19H11BrN2O4. The van der Waals surface area contributed by atoms with Gasteiger partial charge in [0.2, 0.25) is 0 Å². The highest BCUT2D eigenvalue weighted by Crippen LogP contribution is 2.41. The van der Waals surface area contributed by atoms with Crippen molar-refractivity contribution < 1.29 is 14.5 Å². The van der Waals surface area contributed by atoms with Gasteiger partial charge in [0.05, 0.1) is 16.2 Å². The molecule has 1 heterocycles. The van der Waals surface area contributed by atoms with Crippen molar-refractivity contribution in [3.05, 3.63) is 79.8 Å². The number of nitro benzene ring substituents is 1. The molecule has 128 valence electrons. The van der Waals surface area contributed by atoms with Crippen LogP contribution in [0, 0.1) is 17.0 Å². The maximum absolute atomic E-state index is 13.1. The number of imide groups is 1. The third kappa shape index (κ3) is 2.17. The Hall–Kier alpha value is -3.06. The normalized spacial score (nSPS) is 13.4. The summed E-state index contributed by atoms with van der Waals surface area (Å²) in [6.07, 6.45) is 0. The average Bonchev–Trinajstić information content (AvgIpc) is 2.62. The van der Waals surface area contributed by atoms with E-state index in [-0.39, 0.29) is 15.7 Å². The second kappa shape index (κ2) is 5.74. The smallest absolute Gasteiger partial charge is 0.268 e. The summed E-state index contributed by atoms with van der Waals surface area (Å²) in [6, 6.07) is 13.2. The van der Waals surface area contributed by atoms with Gasteiger partial charge in [-0.2, -0.15) is 0 Å². The van der Waals surface area contributed by atoms with Crippen molar-refractivity contribution in [2.24, 2.45) is 0 Å². The number of anilines is 1. The van der Waals surface area contributed by atoms with Gasteiger partial charge in [0.25, 0.3) is 17.5 Å². The van der Waals surface area contributed by atoms with Crippen LogP contribution >= 0.6 is 15.9 Å². The molecule has 0 unspecified atom stereocenters. The number of amides is 2. The maximum Gasteiger partial charge on any atom is 0.284 e. The molecule has 0 atom stereocenters. The highest BCUT2D eigenvalue weighted by molar-refractivity contribution is 9.10. The number of hydrogen-bond donors (Lipinski definition) is 0. The van der Waals surface area contributed by atoms with Crippen molar-refractivity contribution in [3.63, 3.8) is 0 Å². The molecule has 0 saturated heterocycles. The van der Waals surface area contributed by atoms with Gasteiger partial charge in [-0.15, -0.1) is 0 Å². The first kappa shape index (κ1) is 16.4. The number of aryl methyl sites for hydroxylation is 1.